The Kier molecular flexibility index (Phi) is 6.38. The lowest BCUT2D eigenvalue weighted by Crippen LogP contribution is -2.33. The summed E-state index contributed by atoms with van der Waals surface area (Å²) in [6.45, 7) is -0.640. The van der Waals surface area contributed by atoms with Gasteiger partial charge < -0.3 is 14.5 Å². The summed E-state index contributed by atoms with van der Waals surface area (Å²) in [6, 6.07) is 20.8. The molecule has 1 aliphatic heterocycles. The van der Waals surface area contributed by atoms with Gasteiger partial charge >= 0.3 is 11.7 Å². The lowest BCUT2D eigenvalue weighted by Gasteiger charge is -2.22. The van der Waals surface area contributed by atoms with Crippen molar-refractivity contribution in [1.82, 2.24) is 15.0 Å². The van der Waals surface area contributed by atoms with Crippen LogP contribution in [0.2, 0.25) is 0 Å². The van der Waals surface area contributed by atoms with Crippen LogP contribution in [0.4, 0.5) is 0 Å². The highest BCUT2D eigenvalue weighted by Crippen LogP contribution is 2.34. The smallest absolute Gasteiger partial charge is 0.345 e. The molecule has 1 atom stereocenters. The molecule has 4 aromatic rings. The van der Waals surface area contributed by atoms with Gasteiger partial charge in [-0.05, 0) is 40.1 Å². The molecule has 0 unspecified atom stereocenters. The SMILES string of the molecule is COc1ccc([C@H]2CC(c3ccc4ccccc4c3)=NN2C(=O)COC(=O)c2c[nH]c(=O)[nH]c2=O)cc1. The van der Waals surface area contributed by atoms with Crippen molar-refractivity contribution in [2.75, 3.05) is 13.7 Å². The quantitative estimate of drug-likeness (QED) is 0.393. The summed E-state index contributed by atoms with van der Waals surface area (Å²) in [5, 5.41) is 8.05. The van der Waals surface area contributed by atoms with Crippen LogP contribution < -0.4 is 16.0 Å². The molecule has 0 saturated heterocycles. The van der Waals surface area contributed by atoms with Crippen molar-refractivity contribution in [2.45, 2.75) is 12.5 Å². The topological polar surface area (TPSA) is 134 Å². The number of nitrogens with one attached hydrogen (secondary N) is 2. The highest BCUT2D eigenvalue weighted by molar-refractivity contribution is 6.05. The number of benzene rings is 3. The average molecular weight is 498 g/mol. The number of H-pyrrole nitrogens is 2. The van der Waals surface area contributed by atoms with Gasteiger partial charge in [0.2, 0.25) is 0 Å². The predicted octanol–water partition coefficient (Wildman–Crippen LogP) is 2.76. The Morgan fingerprint density at radius 3 is 2.51 bits per heavy atom. The van der Waals surface area contributed by atoms with E-state index in [1.807, 2.05) is 59.6 Å². The second-order valence-corrected chi connectivity index (χ2v) is 8.40. The number of hydrogen-bond acceptors (Lipinski definition) is 7. The summed E-state index contributed by atoms with van der Waals surface area (Å²) in [5.41, 5.74) is 0.341. The standard InChI is InChI=1S/C27H22N4O6/c1-36-20-10-8-17(9-11-20)23-13-22(19-7-6-16-4-2-3-5-18(16)12-19)30-31(23)24(32)15-37-26(34)21-14-28-27(35)29-25(21)33/h2-12,14,23H,13,15H2,1H3,(H2,28,29,33,35)/t23-/m1/s1. The normalized spacial score (nSPS) is 14.9. The molecule has 10 heteroatoms. The number of amides is 1. The summed E-state index contributed by atoms with van der Waals surface area (Å²) in [5.74, 6) is -0.925. The number of ether oxygens (including phenoxy) is 2. The molecular weight excluding hydrogens is 476 g/mol. The van der Waals surface area contributed by atoms with Gasteiger partial charge in [-0.15, -0.1) is 0 Å². The largest absolute Gasteiger partial charge is 0.497 e. The maximum Gasteiger partial charge on any atom is 0.345 e. The molecule has 1 amide bonds. The molecule has 0 aliphatic carbocycles. The van der Waals surface area contributed by atoms with Crippen molar-refractivity contribution >= 4 is 28.4 Å². The summed E-state index contributed by atoms with van der Waals surface area (Å²) in [4.78, 5) is 52.7. The number of hydrogen-bond donors (Lipinski definition) is 2. The van der Waals surface area contributed by atoms with Gasteiger partial charge in [0.1, 0.15) is 11.3 Å². The van der Waals surface area contributed by atoms with E-state index in [2.05, 4.69) is 10.1 Å². The molecule has 186 valence electrons. The van der Waals surface area contributed by atoms with Crippen LogP contribution in [0.3, 0.4) is 0 Å². The number of carbonyl (C=O) groups is 2. The lowest BCUT2D eigenvalue weighted by molar-refractivity contribution is -0.136. The van der Waals surface area contributed by atoms with E-state index in [1.165, 1.54) is 5.01 Å². The first-order chi connectivity index (χ1) is 17.9. The number of methoxy groups -OCH3 is 1. The number of rotatable bonds is 6. The second kappa shape index (κ2) is 9.94. The van der Waals surface area contributed by atoms with E-state index in [0.717, 1.165) is 28.1 Å². The Morgan fingerprint density at radius 2 is 1.78 bits per heavy atom. The first kappa shape index (κ1) is 23.7. The zero-order valence-electron chi connectivity index (χ0n) is 19.8. The molecule has 2 heterocycles. The van der Waals surface area contributed by atoms with Crippen molar-refractivity contribution in [3.8, 4) is 5.75 Å². The van der Waals surface area contributed by atoms with Gasteiger partial charge in [0.25, 0.3) is 11.5 Å². The van der Waals surface area contributed by atoms with Crippen molar-refractivity contribution in [3.05, 3.63) is 110 Å². The monoisotopic (exact) mass is 498 g/mol. The third kappa shape index (κ3) is 4.90. The van der Waals surface area contributed by atoms with Crippen LogP contribution in [0.25, 0.3) is 10.8 Å². The van der Waals surface area contributed by atoms with E-state index in [9.17, 15) is 19.2 Å². The van der Waals surface area contributed by atoms with Gasteiger partial charge in [-0.1, -0.05) is 48.5 Å². The molecule has 0 spiro atoms. The van der Waals surface area contributed by atoms with Crippen molar-refractivity contribution < 1.29 is 19.1 Å². The van der Waals surface area contributed by atoms with Crippen molar-refractivity contribution in [2.24, 2.45) is 5.10 Å². The summed E-state index contributed by atoms with van der Waals surface area (Å²) >= 11 is 0. The van der Waals surface area contributed by atoms with Gasteiger partial charge in [0, 0.05) is 12.6 Å². The highest BCUT2D eigenvalue weighted by atomic mass is 16.5. The Balaban J connectivity index is 1.41. The molecule has 0 bridgehead atoms. The number of hydrazone groups is 1. The number of nitrogens with zero attached hydrogens (tertiary/aromatic N) is 2. The first-order valence-electron chi connectivity index (χ1n) is 11.4. The summed E-state index contributed by atoms with van der Waals surface area (Å²) in [6.07, 6.45) is 1.39. The van der Waals surface area contributed by atoms with E-state index < -0.39 is 41.3 Å². The molecule has 0 radical (unpaired) electrons. The molecular formula is C27H22N4O6. The fourth-order valence-corrected chi connectivity index (χ4v) is 4.20. The summed E-state index contributed by atoms with van der Waals surface area (Å²) < 4.78 is 10.3. The second-order valence-electron chi connectivity index (χ2n) is 8.40. The summed E-state index contributed by atoms with van der Waals surface area (Å²) in [7, 11) is 1.57. The zero-order valence-corrected chi connectivity index (χ0v) is 19.8. The van der Waals surface area contributed by atoms with Gasteiger partial charge in [0.05, 0.1) is 18.9 Å². The number of aromatic amines is 2. The molecule has 3 aromatic carbocycles. The minimum absolute atomic E-state index is 0.416. The molecule has 0 fully saturated rings. The molecule has 10 nitrogen and oxygen atoms in total. The Hall–Kier alpha value is -4.99. The maximum atomic E-state index is 13.2. The van der Waals surface area contributed by atoms with E-state index in [-0.39, 0.29) is 0 Å². The van der Waals surface area contributed by atoms with Crippen LogP contribution in [0.1, 0.15) is 33.9 Å². The van der Waals surface area contributed by atoms with Crippen LogP contribution in [0, 0.1) is 0 Å². The molecule has 37 heavy (non-hydrogen) atoms. The van der Waals surface area contributed by atoms with Crippen LogP contribution in [0.15, 0.2) is 87.6 Å². The first-order valence-corrected chi connectivity index (χ1v) is 11.4. The van der Waals surface area contributed by atoms with Crippen molar-refractivity contribution in [3.63, 3.8) is 0 Å². The molecule has 0 saturated carbocycles. The van der Waals surface area contributed by atoms with Crippen LogP contribution in [-0.2, 0) is 9.53 Å². The third-order valence-corrected chi connectivity index (χ3v) is 6.12. The fourth-order valence-electron chi connectivity index (χ4n) is 4.20. The van der Waals surface area contributed by atoms with Gasteiger partial charge in [0.15, 0.2) is 6.61 Å². The Labute approximate surface area is 210 Å². The third-order valence-electron chi connectivity index (χ3n) is 6.12. The van der Waals surface area contributed by atoms with E-state index in [4.69, 9.17) is 9.47 Å². The van der Waals surface area contributed by atoms with Crippen LogP contribution >= 0.6 is 0 Å². The molecule has 1 aromatic heterocycles. The maximum absolute atomic E-state index is 13.2. The Bertz CT molecular complexity index is 1640. The van der Waals surface area contributed by atoms with E-state index in [1.54, 1.807) is 19.2 Å². The van der Waals surface area contributed by atoms with Gasteiger partial charge in [-0.25, -0.2) is 14.6 Å². The fraction of sp³-hybridized carbons (Fsp3) is 0.148. The molecule has 5 rings (SSSR count). The average Bonchev–Trinajstić information content (AvgIpc) is 3.37. The lowest BCUT2D eigenvalue weighted by atomic mass is 9.97. The minimum Gasteiger partial charge on any atom is -0.497 e. The minimum atomic E-state index is -1.04. The number of carbonyl (C=O) groups excluding carboxylic acids is 2. The van der Waals surface area contributed by atoms with E-state index >= 15 is 0 Å². The van der Waals surface area contributed by atoms with Crippen LogP contribution in [-0.4, -0.2) is 46.3 Å². The molecule has 1 aliphatic rings. The van der Waals surface area contributed by atoms with E-state index in [0.29, 0.717) is 17.9 Å². The highest BCUT2D eigenvalue weighted by Gasteiger charge is 2.34. The zero-order chi connectivity index (χ0) is 25.9. The van der Waals surface area contributed by atoms with Gasteiger partial charge in [-0.2, -0.15) is 5.10 Å². The number of aromatic nitrogens is 2. The van der Waals surface area contributed by atoms with Crippen molar-refractivity contribution in [1.29, 1.82) is 0 Å². The number of fused-ring (bicyclic) bond motifs is 1. The predicted molar refractivity (Wildman–Crippen MR) is 136 cm³/mol. The Morgan fingerprint density at radius 1 is 1.03 bits per heavy atom. The van der Waals surface area contributed by atoms with Crippen LogP contribution in [0.5, 0.6) is 5.75 Å². The number of esters is 1. The molecule has 2 N–H and O–H groups in total. The van der Waals surface area contributed by atoms with Gasteiger partial charge in [-0.3, -0.25) is 14.6 Å².